The van der Waals surface area contributed by atoms with Crippen molar-refractivity contribution in [3.8, 4) is 0 Å². The van der Waals surface area contributed by atoms with Crippen LogP contribution in [0.5, 0.6) is 0 Å². The summed E-state index contributed by atoms with van der Waals surface area (Å²) in [5, 5.41) is 10.8. The Kier molecular flexibility index (Phi) is 4.25. The van der Waals surface area contributed by atoms with Gasteiger partial charge in [-0.1, -0.05) is 6.07 Å². The lowest BCUT2D eigenvalue weighted by molar-refractivity contribution is -0.388. The molecule has 106 valence electrons. The normalized spacial score (nSPS) is 12.3. The Hall–Kier alpha value is -1.56. The van der Waals surface area contributed by atoms with E-state index in [1.54, 1.807) is 0 Å². The fourth-order valence-corrected chi connectivity index (χ4v) is 3.52. The highest BCUT2D eigenvalue weighted by molar-refractivity contribution is 7.90. The van der Waals surface area contributed by atoms with Gasteiger partial charge in [0.25, 0.3) is 15.8 Å². The van der Waals surface area contributed by atoms with Gasteiger partial charge >= 0.3 is 10.1 Å². The SMILES string of the molecule is COS(=O)(=O)c1cccc([N+](=O)[O-])c1S(=O)(=O)OC. The lowest BCUT2D eigenvalue weighted by atomic mass is 10.3. The minimum absolute atomic E-state index is 0.759. The third-order valence-corrected chi connectivity index (χ3v) is 4.93. The van der Waals surface area contributed by atoms with Gasteiger partial charge in [-0.25, -0.2) is 0 Å². The maximum Gasteiger partial charge on any atom is 0.305 e. The zero-order chi connectivity index (χ0) is 14.8. The van der Waals surface area contributed by atoms with Gasteiger partial charge in [0.05, 0.1) is 19.1 Å². The molecule has 1 aromatic rings. The van der Waals surface area contributed by atoms with E-state index in [4.69, 9.17) is 0 Å². The molecule has 0 bridgehead atoms. The molecular weight excluding hydrogens is 302 g/mol. The van der Waals surface area contributed by atoms with Gasteiger partial charge in [-0.3, -0.25) is 18.5 Å². The van der Waals surface area contributed by atoms with Gasteiger partial charge in [0.1, 0.15) is 4.90 Å². The highest BCUT2D eigenvalue weighted by Gasteiger charge is 2.34. The molecule has 0 aliphatic carbocycles. The fourth-order valence-electron chi connectivity index (χ4n) is 1.27. The van der Waals surface area contributed by atoms with E-state index in [-0.39, 0.29) is 0 Å². The van der Waals surface area contributed by atoms with Gasteiger partial charge in [-0.05, 0) is 6.07 Å². The zero-order valence-corrected chi connectivity index (χ0v) is 11.4. The number of nitrogens with zero attached hydrogens (tertiary/aromatic N) is 1. The summed E-state index contributed by atoms with van der Waals surface area (Å²) >= 11 is 0. The number of nitro benzene ring substituents is 1. The molecule has 1 aromatic carbocycles. The topological polar surface area (TPSA) is 130 Å². The minimum Gasteiger partial charge on any atom is -0.270 e. The second kappa shape index (κ2) is 5.21. The Morgan fingerprint density at radius 2 is 1.58 bits per heavy atom. The molecule has 0 unspecified atom stereocenters. The standard InChI is InChI=1S/C8H9NO8S2/c1-16-18(12,13)7-5-3-4-6(9(10)11)8(7)19(14,15)17-2/h3-5H,1-2H3. The summed E-state index contributed by atoms with van der Waals surface area (Å²) < 4.78 is 54.8. The van der Waals surface area contributed by atoms with E-state index in [0.29, 0.717) is 0 Å². The number of nitro groups is 1. The highest BCUT2D eigenvalue weighted by Crippen LogP contribution is 2.32. The number of hydrogen-bond donors (Lipinski definition) is 0. The maximum absolute atomic E-state index is 11.7. The smallest absolute Gasteiger partial charge is 0.270 e. The van der Waals surface area contributed by atoms with Crippen LogP contribution in [0, 0.1) is 10.1 Å². The van der Waals surface area contributed by atoms with E-state index < -0.39 is 40.6 Å². The quantitative estimate of drug-likeness (QED) is 0.430. The van der Waals surface area contributed by atoms with Crippen LogP contribution in [0.15, 0.2) is 28.0 Å². The van der Waals surface area contributed by atoms with Crippen LogP contribution in [-0.2, 0) is 28.6 Å². The third-order valence-electron chi connectivity index (χ3n) is 2.11. The van der Waals surface area contributed by atoms with Gasteiger partial charge in [-0.15, -0.1) is 0 Å². The molecule has 0 aliphatic heterocycles. The molecular formula is C8H9NO8S2. The van der Waals surface area contributed by atoms with Crippen molar-refractivity contribution in [2.24, 2.45) is 0 Å². The molecule has 0 aromatic heterocycles. The van der Waals surface area contributed by atoms with Gasteiger partial charge < -0.3 is 0 Å². The van der Waals surface area contributed by atoms with E-state index >= 15 is 0 Å². The predicted octanol–water partition coefficient (Wildman–Crippen LogP) is 0.265. The lowest BCUT2D eigenvalue weighted by Gasteiger charge is -2.08. The Morgan fingerprint density at radius 1 is 1.05 bits per heavy atom. The Morgan fingerprint density at radius 3 is 2.00 bits per heavy atom. The molecule has 9 nitrogen and oxygen atoms in total. The fraction of sp³-hybridized carbons (Fsp3) is 0.250. The predicted molar refractivity (Wildman–Crippen MR) is 61.5 cm³/mol. The Balaban J connectivity index is 3.88. The van der Waals surface area contributed by atoms with Crippen molar-refractivity contribution in [1.82, 2.24) is 0 Å². The zero-order valence-electron chi connectivity index (χ0n) is 9.76. The van der Waals surface area contributed by atoms with Crippen molar-refractivity contribution < 1.29 is 30.1 Å². The van der Waals surface area contributed by atoms with Crippen LogP contribution in [0.1, 0.15) is 0 Å². The van der Waals surface area contributed by atoms with Gasteiger partial charge in [-0.2, -0.15) is 16.8 Å². The molecule has 19 heavy (non-hydrogen) atoms. The van der Waals surface area contributed by atoms with Crippen molar-refractivity contribution in [2.75, 3.05) is 14.2 Å². The van der Waals surface area contributed by atoms with Crippen LogP contribution in [0.3, 0.4) is 0 Å². The maximum atomic E-state index is 11.7. The number of benzene rings is 1. The molecule has 0 aliphatic rings. The molecule has 0 saturated carbocycles. The van der Waals surface area contributed by atoms with Gasteiger partial charge in [0.15, 0.2) is 4.90 Å². The molecule has 0 saturated heterocycles. The molecule has 1 rings (SSSR count). The monoisotopic (exact) mass is 311 g/mol. The Bertz CT molecular complexity index is 706. The largest absolute Gasteiger partial charge is 0.305 e. The molecule has 0 atom stereocenters. The first-order valence-electron chi connectivity index (χ1n) is 4.56. The average Bonchev–Trinajstić information content (AvgIpc) is 2.37. The van der Waals surface area contributed by atoms with E-state index in [1.807, 2.05) is 0 Å². The van der Waals surface area contributed by atoms with E-state index in [9.17, 15) is 26.9 Å². The summed E-state index contributed by atoms with van der Waals surface area (Å²) in [4.78, 5) is 7.85. The van der Waals surface area contributed by atoms with Crippen LogP contribution in [0.25, 0.3) is 0 Å². The molecule has 0 fully saturated rings. The van der Waals surface area contributed by atoms with E-state index in [1.165, 1.54) is 0 Å². The number of rotatable bonds is 5. The van der Waals surface area contributed by atoms with Crippen LogP contribution >= 0.6 is 0 Å². The van der Waals surface area contributed by atoms with Crippen molar-refractivity contribution in [3.63, 3.8) is 0 Å². The van der Waals surface area contributed by atoms with E-state index in [0.717, 1.165) is 32.4 Å². The van der Waals surface area contributed by atoms with Crippen molar-refractivity contribution in [1.29, 1.82) is 0 Å². The van der Waals surface area contributed by atoms with E-state index in [2.05, 4.69) is 8.37 Å². The molecule has 0 N–H and O–H groups in total. The third kappa shape index (κ3) is 2.89. The summed E-state index contributed by atoms with van der Waals surface area (Å²) in [6.45, 7) is 0. The van der Waals surface area contributed by atoms with Crippen LogP contribution in [0.2, 0.25) is 0 Å². The molecule has 0 radical (unpaired) electrons. The van der Waals surface area contributed by atoms with Crippen molar-refractivity contribution >= 4 is 25.9 Å². The summed E-state index contributed by atoms with van der Waals surface area (Å²) in [6, 6.07) is 2.75. The molecule has 0 amide bonds. The lowest BCUT2D eigenvalue weighted by Crippen LogP contribution is -2.14. The molecule has 11 heteroatoms. The van der Waals surface area contributed by atoms with Crippen LogP contribution in [-0.4, -0.2) is 36.0 Å². The summed E-state index contributed by atoms with van der Waals surface area (Å²) in [6.07, 6.45) is 0. The second-order valence-electron chi connectivity index (χ2n) is 3.10. The molecule has 0 heterocycles. The summed E-state index contributed by atoms with van der Waals surface area (Å²) in [5.74, 6) is 0. The molecule has 0 spiro atoms. The van der Waals surface area contributed by atoms with Crippen molar-refractivity contribution in [3.05, 3.63) is 28.3 Å². The minimum atomic E-state index is -4.60. The highest BCUT2D eigenvalue weighted by atomic mass is 32.2. The van der Waals surface area contributed by atoms with Crippen LogP contribution in [0.4, 0.5) is 5.69 Å². The van der Waals surface area contributed by atoms with Crippen LogP contribution < -0.4 is 0 Å². The first-order valence-corrected chi connectivity index (χ1v) is 7.37. The second-order valence-corrected chi connectivity index (χ2v) is 6.43. The van der Waals surface area contributed by atoms with Crippen molar-refractivity contribution in [2.45, 2.75) is 9.79 Å². The first-order chi connectivity index (χ1) is 8.67. The average molecular weight is 311 g/mol. The van der Waals surface area contributed by atoms with Gasteiger partial charge in [0.2, 0.25) is 0 Å². The summed E-state index contributed by atoms with van der Waals surface area (Å²) in [5.41, 5.74) is -0.917. The van der Waals surface area contributed by atoms with Gasteiger partial charge in [0, 0.05) is 6.07 Å². The Labute approximate surface area is 109 Å². The summed E-state index contributed by atoms with van der Waals surface area (Å²) in [7, 11) is -7.48. The number of hydrogen-bond acceptors (Lipinski definition) is 8. The first kappa shape index (κ1) is 15.5.